The van der Waals surface area contributed by atoms with Gasteiger partial charge in [-0.15, -0.1) is 0 Å². The van der Waals surface area contributed by atoms with Gasteiger partial charge in [-0.05, 0) is 49.2 Å². The SMILES string of the molecule is O=C(c1cccc(S(=O)(=O)Nc2ccccc2-c2ccccc2)c1)N1CCN2CCCC2C1. The second-order valence-corrected chi connectivity index (χ2v) is 10.3. The molecule has 0 aromatic heterocycles. The number of nitrogens with zero attached hydrogens (tertiary/aromatic N) is 2. The van der Waals surface area contributed by atoms with Crippen LogP contribution in [0.25, 0.3) is 11.1 Å². The number of benzene rings is 3. The average molecular weight is 462 g/mol. The highest BCUT2D eigenvalue weighted by Crippen LogP contribution is 2.30. The molecule has 2 aliphatic rings. The normalized spacial score (nSPS) is 18.7. The van der Waals surface area contributed by atoms with Crippen molar-refractivity contribution in [2.75, 3.05) is 30.9 Å². The molecular formula is C26H27N3O3S. The van der Waals surface area contributed by atoms with Crippen molar-refractivity contribution < 1.29 is 13.2 Å². The molecule has 3 aromatic carbocycles. The van der Waals surface area contributed by atoms with E-state index in [4.69, 9.17) is 0 Å². The summed E-state index contributed by atoms with van der Waals surface area (Å²) in [6.07, 6.45) is 2.29. The number of carbonyl (C=O) groups is 1. The van der Waals surface area contributed by atoms with E-state index in [0.717, 1.165) is 30.6 Å². The van der Waals surface area contributed by atoms with Gasteiger partial charge in [0.05, 0.1) is 10.6 Å². The Balaban J connectivity index is 1.38. The number of fused-ring (bicyclic) bond motifs is 1. The Hall–Kier alpha value is -3.16. The van der Waals surface area contributed by atoms with Crippen LogP contribution in [0.1, 0.15) is 23.2 Å². The molecule has 0 spiro atoms. The van der Waals surface area contributed by atoms with Gasteiger partial charge in [-0.1, -0.05) is 54.6 Å². The van der Waals surface area contributed by atoms with E-state index in [9.17, 15) is 13.2 Å². The van der Waals surface area contributed by atoms with Gasteiger partial charge in [-0.25, -0.2) is 8.42 Å². The Kier molecular flexibility index (Phi) is 5.91. The minimum absolute atomic E-state index is 0.0794. The lowest BCUT2D eigenvalue weighted by molar-refractivity contribution is 0.0571. The van der Waals surface area contributed by atoms with Crippen LogP contribution in [-0.2, 0) is 10.0 Å². The summed E-state index contributed by atoms with van der Waals surface area (Å²) in [5.41, 5.74) is 2.62. The van der Waals surface area contributed by atoms with Crippen LogP contribution in [0, 0.1) is 0 Å². The molecule has 5 rings (SSSR count). The lowest BCUT2D eigenvalue weighted by atomic mass is 10.0. The molecule has 0 radical (unpaired) electrons. The van der Waals surface area contributed by atoms with Crippen LogP contribution in [0.15, 0.2) is 83.8 Å². The first-order valence-corrected chi connectivity index (χ1v) is 12.8. The molecule has 1 unspecified atom stereocenters. The molecule has 2 aliphatic heterocycles. The number of hydrogen-bond acceptors (Lipinski definition) is 4. The van der Waals surface area contributed by atoms with E-state index in [1.54, 1.807) is 24.3 Å². The van der Waals surface area contributed by atoms with Crippen molar-refractivity contribution in [3.63, 3.8) is 0 Å². The van der Waals surface area contributed by atoms with Crippen molar-refractivity contribution in [2.45, 2.75) is 23.8 Å². The van der Waals surface area contributed by atoms with E-state index < -0.39 is 10.0 Å². The van der Waals surface area contributed by atoms with Crippen molar-refractivity contribution in [1.82, 2.24) is 9.80 Å². The molecule has 1 atom stereocenters. The predicted octanol–water partition coefficient (Wildman–Crippen LogP) is 4.07. The molecule has 2 saturated heterocycles. The molecule has 2 fully saturated rings. The van der Waals surface area contributed by atoms with Crippen LogP contribution >= 0.6 is 0 Å². The minimum atomic E-state index is -3.87. The van der Waals surface area contributed by atoms with E-state index >= 15 is 0 Å². The lowest BCUT2D eigenvalue weighted by Gasteiger charge is -2.37. The smallest absolute Gasteiger partial charge is 0.261 e. The van der Waals surface area contributed by atoms with E-state index in [2.05, 4.69) is 9.62 Å². The third-order valence-electron chi connectivity index (χ3n) is 6.52. The Morgan fingerprint density at radius 1 is 0.879 bits per heavy atom. The van der Waals surface area contributed by atoms with Gasteiger partial charge in [0.1, 0.15) is 0 Å². The predicted molar refractivity (Wildman–Crippen MR) is 130 cm³/mol. The topological polar surface area (TPSA) is 69.7 Å². The number of rotatable bonds is 5. The Morgan fingerprint density at radius 2 is 1.67 bits per heavy atom. The average Bonchev–Trinajstić information content (AvgIpc) is 3.32. The van der Waals surface area contributed by atoms with Gasteiger partial charge in [0, 0.05) is 36.8 Å². The molecule has 2 heterocycles. The molecule has 0 bridgehead atoms. The fourth-order valence-corrected chi connectivity index (χ4v) is 5.92. The van der Waals surface area contributed by atoms with Gasteiger partial charge >= 0.3 is 0 Å². The standard InChI is InChI=1S/C26H27N3O3S/c30-26(29-17-16-28-15-7-11-22(28)19-29)21-10-6-12-23(18-21)33(31,32)27-25-14-5-4-13-24(25)20-8-2-1-3-9-20/h1-6,8-10,12-14,18,22,27H,7,11,15-17,19H2. The van der Waals surface area contributed by atoms with E-state index in [0.29, 0.717) is 30.4 Å². The first-order valence-electron chi connectivity index (χ1n) is 11.3. The van der Waals surface area contributed by atoms with Crippen molar-refractivity contribution in [3.05, 3.63) is 84.4 Å². The van der Waals surface area contributed by atoms with Crippen LogP contribution in [0.5, 0.6) is 0 Å². The van der Waals surface area contributed by atoms with Gasteiger partial charge < -0.3 is 4.90 Å². The fraction of sp³-hybridized carbons (Fsp3) is 0.269. The van der Waals surface area contributed by atoms with Crippen LogP contribution in [-0.4, -0.2) is 56.3 Å². The van der Waals surface area contributed by atoms with Crippen LogP contribution in [0.3, 0.4) is 0 Å². The molecule has 170 valence electrons. The monoisotopic (exact) mass is 461 g/mol. The van der Waals surface area contributed by atoms with Crippen LogP contribution in [0.2, 0.25) is 0 Å². The molecule has 1 amide bonds. The van der Waals surface area contributed by atoms with Gasteiger partial charge in [-0.2, -0.15) is 0 Å². The highest BCUT2D eigenvalue weighted by atomic mass is 32.2. The minimum Gasteiger partial charge on any atom is -0.336 e. The summed E-state index contributed by atoms with van der Waals surface area (Å²) in [6.45, 7) is 3.37. The Bertz CT molecular complexity index is 1260. The quantitative estimate of drug-likeness (QED) is 0.622. The number of sulfonamides is 1. The number of para-hydroxylation sites is 1. The first-order chi connectivity index (χ1) is 16.0. The second kappa shape index (κ2) is 9.00. The summed E-state index contributed by atoms with van der Waals surface area (Å²) >= 11 is 0. The fourth-order valence-electron chi connectivity index (χ4n) is 4.80. The van der Waals surface area contributed by atoms with E-state index in [1.165, 1.54) is 18.6 Å². The number of hydrogen-bond donors (Lipinski definition) is 1. The lowest BCUT2D eigenvalue weighted by Crippen LogP contribution is -2.52. The van der Waals surface area contributed by atoms with Crippen molar-refractivity contribution in [3.8, 4) is 11.1 Å². The zero-order valence-electron chi connectivity index (χ0n) is 18.4. The van der Waals surface area contributed by atoms with Crippen LogP contribution < -0.4 is 4.72 Å². The number of amides is 1. The van der Waals surface area contributed by atoms with Crippen molar-refractivity contribution >= 4 is 21.6 Å². The highest BCUT2D eigenvalue weighted by molar-refractivity contribution is 7.92. The molecule has 1 N–H and O–H groups in total. The van der Waals surface area contributed by atoms with E-state index in [1.807, 2.05) is 47.4 Å². The number of piperazine rings is 1. The molecule has 7 heteroatoms. The zero-order valence-corrected chi connectivity index (χ0v) is 19.2. The second-order valence-electron chi connectivity index (χ2n) is 8.63. The maximum absolute atomic E-state index is 13.2. The maximum atomic E-state index is 13.2. The zero-order chi connectivity index (χ0) is 22.8. The molecule has 0 saturated carbocycles. The summed E-state index contributed by atoms with van der Waals surface area (Å²) in [4.78, 5) is 17.5. The number of carbonyl (C=O) groups excluding carboxylic acids is 1. The summed E-state index contributed by atoms with van der Waals surface area (Å²) < 4.78 is 29.2. The Labute approximate surface area is 194 Å². The maximum Gasteiger partial charge on any atom is 0.261 e. The third kappa shape index (κ3) is 4.51. The number of nitrogens with one attached hydrogen (secondary N) is 1. The summed E-state index contributed by atoms with van der Waals surface area (Å²) in [5.74, 6) is -0.108. The van der Waals surface area contributed by atoms with Crippen molar-refractivity contribution in [1.29, 1.82) is 0 Å². The van der Waals surface area contributed by atoms with Gasteiger partial charge in [0.15, 0.2) is 0 Å². The van der Waals surface area contributed by atoms with Gasteiger partial charge in [0.2, 0.25) is 0 Å². The summed E-state index contributed by atoms with van der Waals surface area (Å²) in [6, 6.07) is 23.7. The van der Waals surface area contributed by atoms with E-state index in [-0.39, 0.29) is 10.8 Å². The molecular weight excluding hydrogens is 434 g/mol. The first kappa shape index (κ1) is 21.7. The van der Waals surface area contributed by atoms with Gasteiger partial charge in [-0.3, -0.25) is 14.4 Å². The largest absolute Gasteiger partial charge is 0.336 e. The van der Waals surface area contributed by atoms with Crippen molar-refractivity contribution in [2.24, 2.45) is 0 Å². The summed E-state index contributed by atoms with van der Waals surface area (Å²) in [5, 5.41) is 0. The third-order valence-corrected chi connectivity index (χ3v) is 7.89. The molecule has 6 nitrogen and oxygen atoms in total. The highest BCUT2D eigenvalue weighted by Gasteiger charge is 2.33. The molecule has 33 heavy (non-hydrogen) atoms. The number of anilines is 1. The molecule has 3 aromatic rings. The van der Waals surface area contributed by atoms with Gasteiger partial charge in [0.25, 0.3) is 15.9 Å². The summed E-state index contributed by atoms with van der Waals surface area (Å²) in [7, 11) is -3.87. The Morgan fingerprint density at radius 3 is 2.52 bits per heavy atom. The molecule has 0 aliphatic carbocycles. The van der Waals surface area contributed by atoms with Crippen LogP contribution in [0.4, 0.5) is 5.69 Å².